The van der Waals surface area contributed by atoms with Crippen molar-refractivity contribution in [2.24, 2.45) is 4.99 Å². The molecule has 0 saturated heterocycles. The molecule has 0 N–H and O–H groups in total. The van der Waals surface area contributed by atoms with Crippen LogP contribution in [0.4, 0.5) is 11.4 Å². The average Bonchev–Trinajstić information content (AvgIpc) is 3.17. The van der Waals surface area contributed by atoms with Crippen LogP contribution in [0.3, 0.4) is 0 Å². The van der Waals surface area contributed by atoms with Gasteiger partial charge in [-0.15, -0.1) is 0 Å². The van der Waals surface area contributed by atoms with Crippen LogP contribution in [0.1, 0.15) is 116 Å². The van der Waals surface area contributed by atoms with Gasteiger partial charge in [-0.2, -0.15) is 0 Å². The number of unbranched alkanes of at least 4 members (excludes halogenated alkanes) is 9. The van der Waals surface area contributed by atoms with Crippen molar-refractivity contribution in [2.45, 2.75) is 123 Å². The van der Waals surface area contributed by atoms with Crippen molar-refractivity contribution in [3.63, 3.8) is 0 Å². The van der Waals surface area contributed by atoms with Crippen molar-refractivity contribution in [3.05, 3.63) is 83.7 Å². The Balaban J connectivity index is 1.02. The number of nitrogens with zero attached hydrogens (tertiary/aromatic N) is 3. The van der Waals surface area contributed by atoms with Crippen LogP contribution in [-0.2, 0) is 25.5 Å². The lowest BCUT2D eigenvalue weighted by atomic mass is 10.0. The van der Waals surface area contributed by atoms with E-state index in [0.717, 1.165) is 127 Å². The van der Waals surface area contributed by atoms with E-state index < -0.39 is 0 Å². The molecule has 0 fully saturated rings. The standard InChI is InChI=1S/C46H59N3O5/c1-5-7-19-37(20-8-6-2)53-44(50)23-15-13-11-9-10-12-14-18-30-52-45(51)31-34-24-26-35(27-25-34)47-41-33-43-46(39-22-17-16-21-38(39)41)48-40-29-28-36(49(3)4)32-42(40)54-43/h16-17,21-22,24-29,32-33,37H,5-15,18-20,23,30-31H2,1-4H3. The summed E-state index contributed by atoms with van der Waals surface area (Å²) < 4.78 is 17.7. The Bertz CT molecular complexity index is 1960. The van der Waals surface area contributed by atoms with Crippen LogP contribution in [0.2, 0.25) is 0 Å². The van der Waals surface area contributed by atoms with E-state index >= 15 is 0 Å². The molecule has 0 spiro atoms. The van der Waals surface area contributed by atoms with Gasteiger partial charge in [-0.25, -0.2) is 9.98 Å². The zero-order valence-corrected chi connectivity index (χ0v) is 32.9. The molecule has 1 heterocycles. The lowest BCUT2D eigenvalue weighted by molar-refractivity contribution is -0.150. The molecular weight excluding hydrogens is 675 g/mol. The highest BCUT2D eigenvalue weighted by molar-refractivity contribution is 5.96. The van der Waals surface area contributed by atoms with Crippen LogP contribution in [0.15, 0.2) is 82.2 Å². The number of anilines is 1. The summed E-state index contributed by atoms with van der Waals surface area (Å²) in [4.78, 5) is 36.8. The third kappa shape index (κ3) is 12.2. The molecule has 288 valence electrons. The molecule has 2 aliphatic rings. The van der Waals surface area contributed by atoms with E-state index in [4.69, 9.17) is 23.9 Å². The molecule has 5 rings (SSSR count). The van der Waals surface area contributed by atoms with Crippen LogP contribution in [0.5, 0.6) is 0 Å². The molecule has 0 aromatic heterocycles. The first-order chi connectivity index (χ1) is 26.3. The Labute approximate surface area is 321 Å². The van der Waals surface area contributed by atoms with Crippen LogP contribution in [0, 0.1) is 0 Å². The molecule has 1 aliphatic carbocycles. The first-order valence-electron chi connectivity index (χ1n) is 20.3. The first kappa shape index (κ1) is 40.5. The quantitative estimate of drug-likeness (QED) is 0.0302. The third-order valence-corrected chi connectivity index (χ3v) is 10.0. The van der Waals surface area contributed by atoms with E-state index in [1.165, 1.54) is 12.8 Å². The van der Waals surface area contributed by atoms with Crippen molar-refractivity contribution in [3.8, 4) is 11.5 Å². The van der Waals surface area contributed by atoms with E-state index in [1.54, 1.807) is 0 Å². The monoisotopic (exact) mass is 733 g/mol. The number of hydrogen-bond acceptors (Lipinski definition) is 8. The van der Waals surface area contributed by atoms with Gasteiger partial charge >= 0.3 is 11.9 Å². The predicted octanol–water partition coefficient (Wildman–Crippen LogP) is 11.3. The van der Waals surface area contributed by atoms with Gasteiger partial charge in [0.15, 0.2) is 11.3 Å². The molecule has 3 aromatic carbocycles. The second-order valence-electron chi connectivity index (χ2n) is 14.7. The van der Waals surface area contributed by atoms with Gasteiger partial charge < -0.3 is 18.8 Å². The van der Waals surface area contributed by atoms with Gasteiger partial charge in [-0.1, -0.05) is 114 Å². The average molecular weight is 734 g/mol. The fourth-order valence-electron chi connectivity index (χ4n) is 6.83. The number of carbonyl (C=O) groups is 2. The smallest absolute Gasteiger partial charge is 0.310 e. The Kier molecular flexibility index (Phi) is 15.9. The third-order valence-electron chi connectivity index (χ3n) is 10.0. The molecule has 1 aliphatic heterocycles. The normalized spacial score (nSPS) is 11.9. The highest BCUT2D eigenvalue weighted by Gasteiger charge is 2.16. The van der Waals surface area contributed by atoms with Gasteiger partial charge in [0.25, 0.3) is 0 Å². The molecular formula is C46H59N3O5. The van der Waals surface area contributed by atoms with Gasteiger partial charge in [0, 0.05) is 49.1 Å². The molecule has 3 aromatic rings. The van der Waals surface area contributed by atoms with Gasteiger partial charge in [-0.05, 0) is 55.5 Å². The Morgan fingerprint density at radius 1 is 0.759 bits per heavy atom. The van der Waals surface area contributed by atoms with E-state index in [2.05, 4.69) is 26.0 Å². The van der Waals surface area contributed by atoms with Gasteiger partial charge in [-0.3, -0.25) is 9.59 Å². The van der Waals surface area contributed by atoms with Gasteiger partial charge in [0.1, 0.15) is 17.3 Å². The minimum atomic E-state index is -0.209. The van der Waals surface area contributed by atoms with E-state index in [9.17, 15) is 9.59 Å². The number of fused-ring (bicyclic) bond motifs is 4. The molecule has 8 heteroatoms. The SMILES string of the molecule is CCCCC(CCCC)OC(=O)CCCCCCCCCCOC(=O)Cc1ccc(N=c2cc3oc4cc(N(C)C)ccc4nc-3c3ccccc23)cc1. The molecule has 0 saturated carbocycles. The zero-order chi connectivity index (χ0) is 38.1. The number of esters is 2. The molecule has 54 heavy (non-hydrogen) atoms. The van der Waals surface area contributed by atoms with Crippen LogP contribution in [-0.4, -0.2) is 43.7 Å². The van der Waals surface area contributed by atoms with Gasteiger partial charge in [0.05, 0.1) is 24.1 Å². The molecule has 0 radical (unpaired) electrons. The molecule has 0 unspecified atom stereocenters. The van der Waals surface area contributed by atoms with Crippen LogP contribution < -0.4 is 10.3 Å². The Morgan fingerprint density at radius 2 is 1.43 bits per heavy atom. The maximum atomic E-state index is 12.5. The summed E-state index contributed by atoms with van der Waals surface area (Å²) in [6.45, 7) is 4.81. The minimum absolute atomic E-state index is 0.0247. The highest BCUT2D eigenvalue weighted by Crippen LogP contribution is 2.32. The number of rotatable bonds is 22. The summed E-state index contributed by atoms with van der Waals surface area (Å²) in [6.07, 6.45) is 15.9. The van der Waals surface area contributed by atoms with E-state index in [-0.39, 0.29) is 24.5 Å². The van der Waals surface area contributed by atoms with Crippen LogP contribution in [0.25, 0.3) is 33.3 Å². The first-order valence-corrected chi connectivity index (χ1v) is 20.3. The predicted molar refractivity (Wildman–Crippen MR) is 219 cm³/mol. The number of ether oxygens (including phenoxy) is 2. The second kappa shape index (κ2) is 21.2. The van der Waals surface area contributed by atoms with Gasteiger partial charge in [0.2, 0.25) is 0 Å². The maximum Gasteiger partial charge on any atom is 0.310 e. The fourth-order valence-corrected chi connectivity index (χ4v) is 6.83. The van der Waals surface area contributed by atoms with Crippen LogP contribution >= 0.6 is 0 Å². The number of aromatic nitrogens is 1. The molecule has 0 amide bonds. The summed E-state index contributed by atoms with van der Waals surface area (Å²) in [5.41, 5.74) is 5.06. The van der Waals surface area contributed by atoms with Crippen molar-refractivity contribution < 1.29 is 23.5 Å². The Morgan fingerprint density at radius 3 is 2.11 bits per heavy atom. The highest BCUT2D eigenvalue weighted by atomic mass is 16.5. The number of hydrogen-bond donors (Lipinski definition) is 0. The van der Waals surface area contributed by atoms with E-state index in [0.29, 0.717) is 18.8 Å². The van der Waals surface area contributed by atoms with Crippen molar-refractivity contribution in [1.82, 2.24) is 4.98 Å². The summed E-state index contributed by atoms with van der Waals surface area (Å²) in [5, 5.41) is 2.77. The maximum absolute atomic E-state index is 12.5. The molecule has 0 bridgehead atoms. The molecule has 0 atom stereocenters. The summed E-state index contributed by atoms with van der Waals surface area (Å²) in [5.74, 6) is 0.442. The second-order valence-corrected chi connectivity index (χ2v) is 14.7. The fraction of sp³-hybridized carbons (Fsp3) is 0.478. The Hall–Kier alpha value is -4.72. The molecule has 8 nitrogen and oxygen atoms in total. The summed E-state index contributed by atoms with van der Waals surface area (Å²) in [7, 11) is 4.01. The lowest BCUT2D eigenvalue weighted by Gasteiger charge is -2.17. The summed E-state index contributed by atoms with van der Waals surface area (Å²) >= 11 is 0. The topological polar surface area (TPSA) is 94.2 Å². The van der Waals surface area contributed by atoms with Crippen molar-refractivity contribution in [2.75, 3.05) is 25.6 Å². The van der Waals surface area contributed by atoms with E-state index in [1.807, 2.05) is 79.7 Å². The largest absolute Gasteiger partial charge is 0.465 e. The zero-order valence-electron chi connectivity index (χ0n) is 32.9. The van der Waals surface area contributed by atoms with Crippen molar-refractivity contribution >= 4 is 45.2 Å². The minimum Gasteiger partial charge on any atom is -0.465 e. The summed E-state index contributed by atoms with van der Waals surface area (Å²) in [6, 6.07) is 23.9. The lowest BCUT2D eigenvalue weighted by Crippen LogP contribution is -2.18. The number of benzene rings is 4. The van der Waals surface area contributed by atoms with Crippen molar-refractivity contribution in [1.29, 1.82) is 0 Å². The number of carbonyl (C=O) groups excluding carboxylic acids is 2.